The number of carbonyl (C=O) groups excluding carboxylic acids is 2. The molecular weight excluding hydrogens is 1040 g/mol. The molecular formula is C52H56O26. The van der Waals surface area contributed by atoms with E-state index in [9.17, 15) is 81.1 Å². The first-order valence-electron chi connectivity index (χ1n) is 23.9. The van der Waals surface area contributed by atoms with Gasteiger partial charge in [-0.1, -0.05) is 24.3 Å². The Labute approximate surface area is 441 Å². The summed E-state index contributed by atoms with van der Waals surface area (Å²) in [4.78, 5) is 25.8. The molecule has 26 heteroatoms. The van der Waals surface area contributed by atoms with Crippen molar-refractivity contribution in [2.75, 3.05) is 26.9 Å². The summed E-state index contributed by atoms with van der Waals surface area (Å²) in [6.45, 7) is -2.35. The molecule has 0 saturated carbocycles. The van der Waals surface area contributed by atoms with Gasteiger partial charge in [0.15, 0.2) is 41.5 Å². The van der Waals surface area contributed by atoms with Gasteiger partial charge in [-0.3, -0.25) is 0 Å². The first-order valence-corrected chi connectivity index (χ1v) is 23.9. The lowest BCUT2D eigenvalue weighted by Crippen LogP contribution is -2.64. The first kappa shape index (κ1) is 56.9. The topological polar surface area (TPSA) is 410 Å². The van der Waals surface area contributed by atoms with E-state index in [0.717, 1.165) is 24.3 Å². The molecule has 8 rings (SSSR count). The SMILES string of the molecule is COc1cc(/C=C/C(=O)OC[C@@H]2O[C@@H](O[C@H]3[C@H](OC4=Cc5c(cc(O)cc5O[C@@H]5O[C@H](CO)[C@@H](O)[C@H](O)[C@H]5O)OC4c4ccc(O)cc4)O[C@H](COC(=O)/C=C/c4ccc(O)c(O)c4)[C@@H](O)[C@@H]3O)[C@@H](O)[C@@H](O)[C@@H]2O)ccc1O. The van der Waals surface area contributed by atoms with E-state index in [4.69, 9.17) is 47.4 Å². The lowest BCUT2D eigenvalue weighted by Gasteiger charge is -2.46. The van der Waals surface area contributed by atoms with E-state index >= 15 is 0 Å². The van der Waals surface area contributed by atoms with Gasteiger partial charge in [0.2, 0.25) is 12.6 Å². The number of phenolic OH excluding ortho intramolecular Hbond substituents is 5. The number of carbonyl (C=O) groups is 2. The largest absolute Gasteiger partial charge is 0.508 e. The minimum Gasteiger partial charge on any atom is -0.508 e. The summed E-state index contributed by atoms with van der Waals surface area (Å²) in [5.74, 6) is -4.19. The highest BCUT2D eigenvalue weighted by molar-refractivity contribution is 5.87. The second kappa shape index (κ2) is 24.6. The highest BCUT2D eigenvalue weighted by atomic mass is 16.8. The molecule has 0 radical (unpaired) electrons. The molecule has 4 aromatic carbocycles. The van der Waals surface area contributed by atoms with Crippen LogP contribution >= 0.6 is 0 Å². The maximum atomic E-state index is 13.0. The Morgan fingerprint density at radius 3 is 1.73 bits per heavy atom. The van der Waals surface area contributed by atoms with E-state index < -0.39 is 147 Å². The Bertz CT molecular complexity index is 2840. The molecule has 4 aromatic rings. The van der Waals surface area contributed by atoms with Crippen molar-refractivity contribution in [1.82, 2.24) is 0 Å². The molecule has 420 valence electrons. The first-order chi connectivity index (χ1) is 37.2. The smallest absolute Gasteiger partial charge is 0.330 e. The Morgan fingerprint density at radius 1 is 0.551 bits per heavy atom. The van der Waals surface area contributed by atoms with Gasteiger partial charge < -0.3 is 119 Å². The van der Waals surface area contributed by atoms with Crippen molar-refractivity contribution in [2.24, 2.45) is 0 Å². The van der Waals surface area contributed by atoms with Gasteiger partial charge in [0, 0.05) is 29.8 Å². The molecule has 4 aliphatic heterocycles. The molecule has 0 bridgehead atoms. The van der Waals surface area contributed by atoms with Gasteiger partial charge in [-0.25, -0.2) is 9.59 Å². The van der Waals surface area contributed by atoms with Gasteiger partial charge in [-0.2, -0.15) is 0 Å². The van der Waals surface area contributed by atoms with Gasteiger partial charge in [-0.05, 0) is 65.8 Å². The Balaban J connectivity index is 1.10. The van der Waals surface area contributed by atoms with Crippen LogP contribution in [0, 0.1) is 0 Å². The fourth-order valence-corrected chi connectivity index (χ4v) is 8.53. The van der Waals surface area contributed by atoms with Crippen molar-refractivity contribution in [3.8, 4) is 46.0 Å². The van der Waals surface area contributed by atoms with Crippen molar-refractivity contribution in [2.45, 2.75) is 98.2 Å². The maximum absolute atomic E-state index is 13.0. The fourth-order valence-electron chi connectivity index (χ4n) is 8.53. The van der Waals surface area contributed by atoms with Gasteiger partial charge >= 0.3 is 11.9 Å². The van der Waals surface area contributed by atoms with Crippen LogP contribution in [-0.4, -0.2) is 202 Å². The van der Waals surface area contributed by atoms with E-state index in [2.05, 4.69) is 0 Å². The minimum atomic E-state index is -2.13. The normalized spacial score (nSPS) is 30.9. The number of hydrogen-bond acceptors (Lipinski definition) is 26. The summed E-state index contributed by atoms with van der Waals surface area (Å²) in [5, 5.41) is 149. The van der Waals surface area contributed by atoms with Crippen LogP contribution in [0.5, 0.6) is 46.0 Å². The Kier molecular flexibility index (Phi) is 17.9. The van der Waals surface area contributed by atoms with E-state index in [-0.39, 0.29) is 51.2 Å². The second-order valence-electron chi connectivity index (χ2n) is 18.2. The van der Waals surface area contributed by atoms with E-state index in [1.165, 1.54) is 86.0 Å². The highest BCUT2D eigenvalue weighted by Crippen LogP contribution is 2.46. The van der Waals surface area contributed by atoms with Crippen molar-refractivity contribution in [1.29, 1.82) is 0 Å². The standard InChI is InChI=1S/C52H56O26/c1-69-33-15-23(3-11-29(33)57)5-13-39(60)70-20-36-41(62)44(65)47(68)51(76-36)78-49-45(66)42(63)37(21-71-38(59)12-4-22-2-10-28(56)30(58)14-22)77-52(49)74-34-18-27-31(72-48(34)24-6-8-25(54)9-7-24)16-26(55)17-32(27)73-50-46(67)43(64)40(61)35(19-53)75-50/h2-18,35-37,40-58,61-68H,19-21H2,1H3/b12-4+,13-5+/t35-,36+,37-,40-,41-,42-,43+,44+,45+,46-,47+,48?,49-,50-,51+,52-/m1/s1. The van der Waals surface area contributed by atoms with Crippen LogP contribution in [-0.2, 0) is 42.7 Å². The molecule has 4 aliphatic rings. The molecule has 26 nitrogen and oxygen atoms in total. The summed E-state index contributed by atoms with van der Waals surface area (Å²) in [6.07, 6.45) is -23.9. The molecule has 78 heavy (non-hydrogen) atoms. The van der Waals surface area contributed by atoms with Gasteiger partial charge in [-0.15, -0.1) is 0 Å². The predicted molar refractivity (Wildman–Crippen MR) is 260 cm³/mol. The fraction of sp³-hybridized carbons (Fsp3) is 0.385. The van der Waals surface area contributed by atoms with Gasteiger partial charge in [0.25, 0.3) is 0 Å². The summed E-state index contributed by atoms with van der Waals surface area (Å²) in [7, 11) is 1.33. The number of methoxy groups -OCH3 is 1. The summed E-state index contributed by atoms with van der Waals surface area (Å²) >= 11 is 0. The third-order valence-corrected chi connectivity index (χ3v) is 12.8. The van der Waals surface area contributed by atoms with Crippen LogP contribution < -0.4 is 14.2 Å². The van der Waals surface area contributed by atoms with Crippen molar-refractivity contribution in [3.63, 3.8) is 0 Å². The molecule has 3 fully saturated rings. The van der Waals surface area contributed by atoms with Gasteiger partial charge in [0.1, 0.15) is 109 Å². The molecule has 0 spiro atoms. The molecule has 3 saturated heterocycles. The highest BCUT2D eigenvalue weighted by Gasteiger charge is 2.53. The summed E-state index contributed by atoms with van der Waals surface area (Å²) in [5.41, 5.74) is 0.908. The van der Waals surface area contributed by atoms with Gasteiger partial charge in [0.05, 0.1) is 19.3 Å². The van der Waals surface area contributed by atoms with Crippen LogP contribution in [0.4, 0.5) is 0 Å². The predicted octanol–water partition coefficient (Wildman–Crippen LogP) is -0.954. The number of esters is 2. The number of aliphatic hydroxyl groups excluding tert-OH is 9. The third-order valence-electron chi connectivity index (χ3n) is 12.8. The van der Waals surface area contributed by atoms with Crippen LogP contribution in [0.3, 0.4) is 0 Å². The van der Waals surface area contributed by atoms with Crippen LogP contribution in [0.2, 0.25) is 0 Å². The number of fused-ring (bicyclic) bond motifs is 1. The van der Waals surface area contributed by atoms with E-state index in [1.807, 2.05) is 0 Å². The molecule has 4 heterocycles. The van der Waals surface area contributed by atoms with Crippen LogP contribution in [0.25, 0.3) is 18.2 Å². The minimum absolute atomic E-state index is 0.0546. The monoisotopic (exact) mass is 1100 g/mol. The number of benzene rings is 4. The summed E-state index contributed by atoms with van der Waals surface area (Å²) < 4.78 is 58.0. The summed E-state index contributed by atoms with van der Waals surface area (Å²) in [6, 6.07) is 15.6. The van der Waals surface area contributed by atoms with Crippen molar-refractivity contribution < 1.29 is 128 Å². The number of aliphatic hydroxyl groups is 9. The zero-order chi connectivity index (χ0) is 56.1. The average molecular weight is 1100 g/mol. The quantitative estimate of drug-likeness (QED) is 0.0344. The molecule has 1 unspecified atom stereocenters. The Hall–Kier alpha value is -7.28. The van der Waals surface area contributed by atoms with Crippen LogP contribution in [0.1, 0.15) is 28.4 Å². The lowest BCUT2D eigenvalue weighted by atomic mass is 9.97. The van der Waals surface area contributed by atoms with E-state index in [1.54, 1.807) is 0 Å². The maximum Gasteiger partial charge on any atom is 0.330 e. The number of phenols is 5. The average Bonchev–Trinajstić information content (AvgIpc) is 3.52. The zero-order valence-corrected chi connectivity index (χ0v) is 40.8. The molecule has 16 atom stereocenters. The van der Waals surface area contributed by atoms with Crippen molar-refractivity contribution >= 4 is 30.2 Å². The third kappa shape index (κ3) is 12.8. The Morgan fingerprint density at radius 2 is 1.12 bits per heavy atom. The molecule has 0 amide bonds. The van der Waals surface area contributed by atoms with E-state index in [0.29, 0.717) is 5.56 Å². The number of aromatic hydroxyl groups is 5. The zero-order valence-electron chi connectivity index (χ0n) is 40.8. The molecule has 0 aromatic heterocycles. The number of hydrogen-bond donors (Lipinski definition) is 14. The molecule has 0 aliphatic carbocycles. The van der Waals surface area contributed by atoms with Crippen LogP contribution in [0.15, 0.2) is 90.7 Å². The number of rotatable bonds is 17. The van der Waals surface area contributed by atoms with Crippen molar-refractivity contribution in [3.05, 3.63) is 113 Å². The number of ether oxygens (including phenoxy) is 10. The second-order valence-corrected chi connectivity index (χ2v) is 18.2. The molecule has 14 N–H and O–H groups in total. The lowest BCUT2D eigenvalue weighted by molar-refractivity contribution is -0.364.